The third-order valence-corrected chi connectivity index (χ3v) is 3.58. The lowest BCUT2D eigenvalue weighted by Crippen LogP contribution is -2.45. The second-order valence-electron chi connectivity index (χ2n) is 5.29. The largest absolute Gasteiger partial charge is 0.464 e. The van der Waals surface area contributed by atoms with Crippen molar-refractivity contribution >= 4 is 11.9 Å². The second kappa shape index (κ2) is 7.11. The van der Waals surface area contributed by atoms with E-state index in [1.807, 2.05) is 25.1 Å². The number of hydrogen-bond donors (Lipinski definition) is 0. The van der Waals surface area contributed by atoms with E-state index in [1.165, 1.54) is 5.56 Å². The van der Waals surface area contributed by atoms with Gasteiger partial charge in [-0.25, -0.2) is 9.69 Å². The van der Waals surface area contributed by atoms with Crippen molar-refractivity contribution in [3.8, 4) is 0 Å². The van der Waals surface area contributed by atoms with Crippen LogP contribution in [0.4, 0.5) is 0 Å². The standard InChI is InChI=1S/C16H24N3O2/c1-4-21-15(20)13-19(12-14-8-6-5-7-9-14)16-17(2)10-11-18(16)3/h5-9H,4,10-13H2,1-3H3/q+1. The highest BCUT2D eigenvalue weighted by Gasteiger charge is 2.32. The Kier molecular flexibility index (Phi) is 5.20. The molecular weight excluding hydrogens is 266 g/mol. The summed E-state index contributed by atoms with van der Waals surface area (Å²) in [6, 6.07) is 10.2. The van der Waals surface area contributed by atoms with E-state index < -0.39 is 0 Å². The summed E-state index contributed by atoms with van der Waals surface area (Å²) in [4.78, 5) is 16.2. The van der Waals surface area contributed by atoms with Crippen LogP contribution in [0.3, 0.4) is 0 Å². The molecule has 0 saturated carbocycles. The number of benzene rings is 1. The van der Waals surface area contributed by atoms with Crippen LogP contribution < -0.4 is 0 Å². The van der Waals surface area contributed by atoms with Crippen molar-refractivity contribution in [3.63, 3.8) is 0 Å². The molecule has 0 radical (unpaired) electrons. The van der Waals surface area contributed by atoms with Gasteiger partial charge in [-0.3, -0.25) is 9.48 Å². The number of guanidine groups is 1. The van der Waals surface area contributed by atoms with Crippen LogP contribution in [0.1, 0.15) is 12.5 Å². The summed E-state index contributed by atoms with van der Waals surface area (Å²) < 4.78 is 7.29. The summed E-state index contributed by atoms with van der Waals surface area (Å²) >= 11 is 0. The Balaban J connectivity index is 2.18. The van der Waals surface area contributed by atoms with Gasteiger partial charge in [-0.1, -0.05) is 30.3 Å². The molecule has 114 valence electrons. The lowest BCUT2D eigenvalue weighted by atomic mass is 10.2. The Bertz CT molecular complexity index is 514. The van der Waals surface area contributed by atoms with Gasteiger partial charge in [0.1, 0.15) is 0 Å². The fourth-order valence-electron chi connectivity index (χ4n) is 2.64. The molecule has 0 aromatic heterocycles. The number of likely N-dealkylation sites (N-methyl/N-ethyl adjacent to an activating group) is 2. The second-order valence-corrected chi connectivity index (χ2v) is 5.29. The minimum atomic E-state index is -0.186. The van der Waals surface area contributed by atoms with Crippen LogP contribution in [-0.4, -0.2) is 66.6 Å². The molecule has 0 atom stereocenters. The highest BCUT2D eigenvalue weighted by atomic mass is 16.5. The Morgan fingerprint density at radius 3 is 2.67 bits per heavy atom. The molecule has 0 aliphatic carbocycles. The fraction of sp³-hybridized carbons (Fsp3) is 0.500. The van der Waals surface area contributed by atoms with E-state index >= 15 is 0 Å². The Hall–Kier alpha value is -2.04. The van der Waals surface area contributed by atoms with E-state index in [1.54, 1.807) is 0 Å². The third kappa shape index (κ3) is 3.97. The molecule has 0 spiro atoms. The summed E-state index contributed by atoms with van der Waals surface area (Å²) in [5.41, 5.74) is 1.18. The molecule has 21 heavy (non-hydrogen) atoms. The van der Waals surface area contributed by atoms with E-state index in [9.17, 15) is 4.79 Å². The smallest absolute Gasteiger partial charge is 0.351 e. The molecule has 2 rings (SSSR count). The van der Waals surface area contributed by atoms with Gasteiger partial charge in [0, 0.05) is 0 Å². The van der Waals surface area contributed by atoms with Crippen LogP contribution in [0.2, 0.25) is 0 Å². The van der Waals surface area contributed by atoms with E-state index in [-0.39, 0.29) is 12.5 Å². The van der Waals surface area contributed by atoms with Gasteiger partial charge in [-0.2, -0.15) is 0 Å². The number of nitrogens with zero attached hydrogens (tertiary/aromatic N) is 3. The average molecular weight is 290 g/mol. The molecule has 1 aromatic rings. The third-order valence-electron chi connectivity index (χ3n) is 3.58. The Labute approximate surface area is 126 Å². The fourth-order valence-corrected chi connectivity index (χ4v) is 2.64. The van der Waals surface area contributed by atoms with Crippen LogP contribution >= 0.6 is 0 Å². The van der Waals surface area contributed by atoms with E-state index in [0.29, 0.717) is 13.2 Å². The van der Waals surface area contributed by atoms with Gasteiger partial charge < -0.3 is 4.74 Å². The molecule has 5 heteroatoms. The minimum Gasteiger partial charge on any atom is -0.464 e. The molecular formula is C16H24N3O2+. The summed E-state index contributed by atoms with van der Waals surface area (Å²) in [5, 5.41) is 0. The monoisotopic (exact) mass is 290 g/mol. The van der Waals surface area contributed by atoms with Crippen molar-refractivity contribution in [2.45, 2.75) is 13.5 Å². The first-order chi connectivity index (χ1) is 10.1. The minimum absolute atomic E-state index is 0.186. The van der Waals surface area contributed by atoms with Crippen LogP contribution in [0.25, 0.3) is 0 Å². The summed E-state index contributed by atoms with van der Waals surface area (Å²) in [6.45, 7) is 5.16. The highest BCUT2D eigenvalue weighted by molar-refractivity contribution is 5.81. The lowest BCUT2D eigenvalue weighted by molar-refractivity contribution is -0.491. The molecule has 1 heterocycles. The van der Waals surface area contributed by atoms with Gasteiger partial charge in [0.25, 0.3) is 0 Å². The molecule has 0 saturated heterocycles. The molecule has 1 aliphatic heterocycles. The van der Waals surface area contributed by atoms with Crippen LogP contribution in [0.15, 0.2) is 30.3 Å². The first-order valence-corrected chi connectivity index (χ1v) is 7.35. The lowest BCUT2D eigenvalue weighted by Gasteiger charge is -2.22. The van der Waals surface area contributed by atoms with Gasteiger partial charge in [0.15, 0.2) is 6.54 Å². The van der Waals surface area contributed by atoms with Crippen LogP contribution in [0.5, 0.6) is 0 Å². The summed E-state index contributed by atoms with van der Waals surface area (Å²) in [6.07, 6.45) is 0. The Morgan fingerprint density at radius 1 is 1.38 bits per heavy atom. The average Bonchev–Trinajstić information content (AvgIpc) is 2.79. The number of hydrogen-bond acceptors (Lipinski definition) is 4. The van der Waals surface area contributed by atoms with Gasteiger partial charge in [0.2, 0.25) is 0 Å². The van der Waals surface area contributed by atoms with Gasteiger partial charge in [-0.15, -0.1) is 0 Å². The van der Waals surface area contributed by atoms with E-state index in [4.69, 9.17) is 4.74 Å². The van der Waals surface area contributed by atoms with Crippen molar-refractivity contribution in [2.75, 3.05) is 40.3 Å². The first kappa shape index (κ1) is 15.4. The predicted octanol–water partition coefficient (Wildman–Crippen LogP) is 0.995. The zero-order valence-corrected chi connectivity index (χ0v) is 13.1. The van der Waals surface area contributed by atoms with Gasteiger partial charge >= 0.3 is 11.9 Å². The van der Waals surface area contributed by atoms with Crippen LogP contribution in [-0.2, 0) is 16.1 Å². The molecule has 0 amide bonds. The molecule has 0 unspecified atom stereocenters. The maximum Gasteiger partial charge on any atom is 0.351 e. The highest BCUT2D eigenvalue weighted by Crippen LogP contribution is 2.10. The zero-order valence-electron chi connectivity index (χ0n) is 13.1. The molecule has 5 nitrogen and oxygen atoms in total. The summed E-state index contributed by atoms with van der Waals surface area (Å²) in [5.74, 6) is 0.890. The number of carbonyl (C=O) groups is 1. The number of rotatable bonds is 5. The molecule has 1 aliphatic rings. The van der Waals surface area contributed by atoms with Crippen molar-refractivity contribution in [1.29, 1.82) is 0 Å². The maximum atomic E-state index is 11.9. The van der Waals surface area contributed by atoms with E-state index in [0.717, 1.165) is 19.0 Å². The normalized spacial score (nSPS) is 14.5. The zero-order chi connectivity index (χ0) is 15.2. The SMILES string of the molecule is CCOC(=O)CN(Cc1ccccc1)C1=[N+](C)CCN1C. The number of ether oxygens (including phenoxy) is 1. The van der Waals surface area contributed by atoms with Crippen molar-refractivity contribution in [1.82, 2.24) is 9.80 Å². The molecule has 1 aromatic carbocycles. The quantitative estimate of drug-likeness (QED) is 0.599. The van der Waals surface area contributed by atoms with E-state index in [2.05, 4.69) is 40.6 Å². The Morgan fingerprint density at radius 2 is 2.10 bits per heavy atom. The van der Waals surface area contributed by atoms with Crippen molar-refractivity contribution < 1.29 is 14.1 Å². The molecule has 0 bridgehead atoms. The molecule has 0 fully saturated rings. The number of esters is 1. The van der Waals surface area contributed by atoms with Gasteiger partial charge in [0.05, 0.1) is 40.3 Å². The first-order valence-electron chi connectivity index (χ1n) is 7.35. The predicted molar refractivity (Wildman–Crippen MR) is 82.2 cm³/mol. The maximum absolute atomic E-state index is 11.9. The van der Waals surface area contributed by atoms with Crippen molar-refractivity contribution in [3.05, 3.63) is 35.9 Å². The van der Waals surface area contributed by atoms with Crippen molar-refractivity contribution in [2.24, 2.45) is 0 Å². The topological polar surface area (TPSA) is 35.8 Å². The number of carbonyl (C=O) groups excluding carboxylic acids is 1. The van der Waals surface area contributed by atoms with Gasteiger partial charge in [-0.05, 0) is 12.5 Å². The molecule has 0 N–H and O–H groups in total. The van der Waals surface area contributed by atoms with Crippen LogP contribution in [0, 0.1) is 0 Å². The summed E-state index contributed by atoms with van der Waals surface area (Å²) in [7, 11) is 4.12.